The molecule has 5 unspecified atom stereocenters. The van der Waals surface area contributed by atoms with Crippen LogP contribution in [0, 0.1) is 47.3 Å². The number of nitrogens with two attached hydrogens (primary N) is 1. The summed E-state index contributed by atoms with van der Waals surface area (Å²) in [6.07, 6.45) is -2.01. The van der Waals surface area contributed by atoms with Gasteiger partial charge < -0.3 is 92.4 Å². The van der Waals surface area contributed by atoms with Crippen molar-refractivity contribution in [2.24, 2.45) is 53.1 Å². The van der Waals surface area contributed by atoms with E-state index >= 15 is 9.59 Å². The summed E-state index contributed by atoms with van der Waals surface area (Å²) in [6.45, 7) is 24.9. The fraction of sp³-hybridized carbons (Fsp3) is 0.727. The molecule has 111 heavy (non-hydrogen) atoms. The van der Waals surface area contributed by atoms with Gasteiger partial charge in [0.25, 0.3) is 5.91 Å². The molecule has 34 nitrogen and oxygen atoms in total. The van der Waals surface area contributed by atoms with E-state index in [2.05, 4.69) is 47.2 Å². The Morgan fingerprint density at radius 1 is 0.775 bits per heavy atom. The molecule has 1 saturated heterocycles. The number of hydrogen-bond donors (Lipinski definition) is 13. The Hall–Kier alpha value is -8.73. The van der Waals surface area contributed by atoms with Crippen molar-refractivity contribution in [3.05, 3.63) is 29.6 Å². The fourth-order valence-corrected chi connectivity index (χ4v) is 14.9. The van der Waals surface area contributed by atoms with Crippen LogP contribution in [0.3, 0.4) is 0 Å². The number of carboxylic acid groups (broad SMARTS) is 1. The molecule has 1 aliphatic heterocycles. The Morgan fingerprint density at radius 3 is 1.93 bits per heavy atom. The molecule has 1 aromatic heterocycles. The van der Waals surface area contributed by atoms with Crippen LogP contribution >= 0.6 is 0 Å². The van der Waals surface area contributed by atoms with Gasteiger partial charge in [-0.1, -0.05) is 89.5 Å². The standard InChI is InChI=1S/C77H128N16O18/c1-23-50(84-71(106)62(79-16)64(99)44(12)33-58-82-51-27-26-48(34-53(51)83-58)67(102)86-54(37-94)68(103)85-52(65(78)100)28-29-60(97)98)73(108)88(17)36-59(96)89(18)55(30-38(2)3)70(105)87-61(41(8)9)75(110)90(19)56-32-42(10)24-25-43(11)63(47(15)95)92(21)76(111)77(35-49(77)40(6)7)93(22)74(109)57(31-39(4)5)91(20)72(107)46(14)81-66(101)45(13)80-69(56)104/h26-27,34,38-46,49-50,52,54-57,61-64,69,79-80,94,99,104H,23-25,28-33,35-37H2,1-22H3,(H2,78,100)(H,81,101)(H,82,83)(H,84,106)(H,85,103)(H,86,102)(H,87,105)(H,97,98)/t42?,43?,44-,45+,46-,49?,50+,52+,54+,55+,56+,57+,61+,62+,63+,64-,69?,77?/m1/s1. The lowest BCUT2D eigenvalue weighted by Crippen LogP contribution is -2.62. The summed E-state index contributed by atoms with van der Waals surface area (Å²) >= 11 is 0. The number of amides is 12. The summed E-state index contributed by atoms with van der Waals surface area (Å²) in [7, 11) is 10.3. The lowest BCUT2D eigenvalue weighted by atomic mass is 9.86. The van der Waals surface area contributed by atoms with Gasteiger partial charge in [-0.3, -0.25) is 72.4 Å². The highest BCUT2D eigenvalue weighted by molar-refractivity contribution is 6.02. The van der Waals surface area contributed by atoms with Crippen molar-refractivity contribution in [2.45, 2.75) is 252 Å². The molecular weight excluding hydrogens is 1440 g/mol. The molecule has 18 atom stereocenters. The van der Waals surface area contributed by atoms with Crippen LogP contribution in [-0.4, -0.2) is 289 Å². The predicted molar refractivity (Wildman–Crippen MR) is 413 cm³/mol. The lowest BCUT2D eigenvalue weighted by Gasteiger charge is -2.40. The minimum atomic E-state index is -1.61. The number of aromatic nitrogens is 2. The highest BCUT2D eigenvalue weighted by Crippen LogP contribution is 2.54. The van der Waals surface area contributed by atoms with Crippen molar-refractivity contribution in [2.75, 3.05) is 62.5 Å². The Bertz CT molecular complexity index is 3630. The number of rotatable bonds is 32. The summed E-state index contributed by atoms with van der Waals surface area (Å²) in [4.78, 5) is 209. The molecule has 2 fully saturated rings. The Morgan fingerprint density at radius 2 is 1.40 bits per heavy atom. The van der Waals surface area contributed by atoms with E-state index < -0.39 is 193 Å². The zero-order valence-electron chi connectivity index (χ0n) is 69.1. The number of carbonyl (C=O) groups excluding carboxylic acids is 13. The van der Waals surface area contributed by atoms with Crippen molar-refractivity contribution < 1.29 is 87.5 Å². The summed E-state index contributed by atoms with van der Waals surface area (Å²) in [5.41, 5.74) is 4.83. The van der Waals surface area contributed by atoms with E-state index in [0.29, 0.717) is 36.1 Å². The Kier molecular flexibility index (Phi) is 35.6. The molecule has 1 aliphatic carbocycles. The number of carboxylic acids is 1. The lowest BCUT2D eigenvalue weighted by molar-refractivity contribution is -0.155. The van der Waals surface area contributed by atoms with Crippen molar-refractivity contribution in [3.63, 3.8) is 0 Å². The number of aliphatic hydroxyl groups is 3. The summed E-state index contributed by atoms with van der Waals surface area (Å²) in [5.74, 6) is -12.0. The van der Waals surface area contributed by atoms with Gasteiger partial charge in [-0.05, 0) is 138 Å². The molecule has 1 aromatic carbocycles. The third kappa shape index (κ3) is 24.6. The van der Waals surface area contributed by atoms with E-state index in [4.69, 9.17) is 10.8 Å². The van der Waals surface area contributed by atoms with E-state index in [1.807, 2.05) is 55.4 Å². The zero-order valence-corrected chi connectivity index (χ0v) is 69.1. The van der Waals surface area contributed by atoms with Gasteiger partial charge in [0.2, 0.25) is 65.0 Å². The number of likely N-dealkylation sites (N-methyl/N-ethyl adjacent to an activating group) is 7. The van der Waals surface area contributed by atoms with Gasteiger partial charge in [0.15, 0.2) is 5.78 Å². The molecule has 0 bridgehead atoms. The molecule has 0 radical (unpaired) electrons. The molecule has 4 rings (SSSR count). The average Bonchev–Trinajstić information content (AvgIpc) is 1.55. The molecule has 14 N–H and O–H groups in total. The second-order valence-electron chi connectivity index (χ2n) is 32.4. The maximum Gasteiger partial charge on any atom is 0.303 e. The molecule has 1 spiro atoms. The fourth-order valence-electron chi connectivity index (χ4n) is 14.9. The summed E-state index contributed by atoms with van der Waals surface area (Å²) < 4.78 is 0. The largest absolute Gasteiger partial charge is 0.481 e. The number of aromatic amines is 1. The van der Waals surface area contributed by atoms with E-state index in [1.165, 1.54) is 98.7 Å². The van der Waals surface area contributed by atoms with Crippen molar-refractivity contribution in [3.8, 4) is 0 Å². The second-order valence-corrected chi connectivity index (χ2v) is 32.4. The van der Waals surface area contributed by atoms with Gasteiger partial charge >= 0.3 is 5.97 Å². The van der Waals surface area contributed by atoms with Gasteiger partial charge in [-0.15, -0.1) is 0 Å². The van der Waals surface area contributed by atoms with Crippen LogP contribution in [0.15, 0.2) is 18.2 Å². The first-order valence-corrected chi connectivity index (χ1v) is 38.7. The van der Waals surface area contributed by atoms with Crippen LogP contribution in [0.5, 0.6) is 0 Å². The molecule has 1 saturated carbocycles. The zero-order chi connectivity index (χ0) is 84.5. The number of primary amides is 1. The SMILES string of the molecule is CC[C@H](NC(=O)[C@@H](NC)[C@H](O)[C@H](C)Cc1nc2ccc(C(=O)N[C@@H](CO)C(=O)N[C@@H](CCC(=O)O)C(N)=O)cc2[nH]1)C(=O)N(C)CC(=O)N(C)[C@@H](CC(C)C)C(=O)N[C@H](C(=O)N(C)[C@H]1CC(C)CCC(C)[C@@H](C(C)=O)N(C)C(=O)C2(CC2C(C)C)N(C)C(=O)[C@H](CC(C)C)N(C)C(=O)[C@@H](C)NC(=O)[C@H](C)NC1O)C(C)C. The molecular formula is C77H128N16O18. The number of carbonyl (C=O) groups is 14. The van der Waals surface area contributed by atoms with E-state index in [9.17, 15) is 72.9 Å². The van der Waals surface area contributed by atoms with Gasteiger partial charge in [0, 0.05) is 60.7 Å². The number of fused-ring (bicyclic) bond motifs is 1. The Labute approximate surface area is 652 Å². The topological polar surface area (TPSA) is 478 Å². The van der Waals surface area contributed by atoms with Crippen LogP contribution in [0.25, 0.3) is 11.0 Å². The first-order chi connectivity index (χ1) is 51.6. The number of hydrogen-bond acceptors (Lipinski definition) is 20. The quantitative estimate of drug-likeness (QED) is 0.0466. The van der Waals surface area contributed by atoms with Crippen molar-refractivity contribution in [1.82, 2.24) is 76.6 Å². The number of nitrogens with one attached hydrogen (secondary N) is 8. The number of Topliss-reactive ketones (excluding diaryl/α,β-unsaturated/α-hetero) is 1. The summed E-state index contributed by atoms with van der Waals surface area (Å²) in [5, 5.41) is 61.6. The monoisotopic (exact) mass is 1560 g/mol. The van der Waals surface area contributed by atoms with E-state index in [1.54, 1.807) is 41.8 Å². The van der Waals surface area contributed by atoms with Gasteiger partial charge in [-0.2, -0.15) is 0 Å². The second kappa shape index (κ2) is 41.7. The highest BCUT2D eigenvalue weighted by Gasteiger charge is 2.67. The number of imidazole rings is 1. The average molecular weight is 1570 g/mol. The molecule has 2 aromatic rings. The minimum absolute atomic E-state index is 0.0279. The van der Waals surface area contributed by atoms with Crippen LogP contribution in [-0.2, 0) is 68.7 Å². The van der Waals surface area contributed by atoms with E-state index in [-0.39, 0.29) is 85.4 Å². The maximum absolute atomic E-state index is 15.2. The molecule has 34 heteroatoms. The van der Waals surface area contributed by atoms with Gasteiger partial charge in [-0.25, -0.2) is 4.98 Å². The van der Waals surface area contributed by atoms with Crippen LogP contribution < -0.4 is 43.0 Å². The molecule has 624 valence electrons. The number of aliphatic carboxylic acids is 1. The number of benzene rings is 1. The van der Waals surface area contributed by atoms with Crippen molar-refractivity contribution in [1.29, 1.82) is 0 Å². The van der Waals surface area contributed by atoms with Crippen LogP contribution in [0.2, 0.25) is 0 Å². The molecule has 2 aliphatic rings. The molecule has 12 amide bonds. The van der Waals surface area contributed by atoms with Crippen LogP contribution in [0.1, 0.15) is 178 Å². The first kappa shape index (κ1) is 94.6. The third-order valence-corrected chi connectivity index (χ3v) is 21.9. The first-order valence-electron chi connectivity index (χ1n) is 38.7. The summed E-state index contributed by atoms with van der Waals surface area (Å²) in [6, 6.07) is -8.88. The molecule has 2 heterocycles. The predicted octanol–water partition coefficient (Wildman–Crippen LogP) is 0.230. The van der Waals surface area contributed by atoms with Gasteiger partial charge in [0.1, 0.15) is 65.9 Å². The smallest absolute Gasteiger partial charge is 0.303 e. The number of nitrogens with zero attached hydrogens (tertiary/aromatic N) is 7. The Balaban J connectivity index is 1.53. The number of ketones is 1. The highest BCUT2D eigenvalue weighted by atomic mass is 16.4. The van der Waals surface area contributed by atoms with Crippen LogP contribution in [0.4, 0.5) is 0 Å². The minimum Gasteiger partial charge on any atom is -0.481 e. The van der Waals surface area contributed by atoms with Gasteiger partial charge in [0.05, 0.1) is 48.4 Å². The third-order valence-electron chi connectivity index (χ3n) is 21.9. The number of aliphatic hydroxyl groups excluding tert-OH is 3. The van der Waals surface area contributed by atoms with E-state index in [0.717, 1.165) is 4.90 Å². The maximum atomic E-state index is 15.2. The van der Waals surface area contributed by atoms with Crippen molar-refractivity contribution >= 4 is 93.7 Å². The number of H-pyrrole nitrogens is 1. The normalized spacial score (nSPS) is 24.2.